The van der Waals surface area contributed by atoms with E-state index in [0.29, 0.717) is 16.4 Å². The number of fused-ring (bicyclic) bond motifs is 1. The molecule has 0 spiro atoms. The van der Waals surface area contributed by atoms with Gasteiger partial charge in [-0.2, -0.15) is 0 Å². The molecule has 24 heavy (non-hydrogen) atoms. The summed E-state index contributed by atoms with van der Waals surface area (Å²) in [7, 11) is 0. The number of halogens is 2. The Hall–Kier alpha value is -2.28. The molecule has 4 rings (SSSR count). The van der Waals surface area contributed by atoms with E-state index in [0.717, 1.165) is 30.3 Å². The van der Waals surface area contributed by atoms with Crippen LogP contribution in [-0.2, 0) is 0 Å². The van der Waals surface area contributed by atoms with Gasteiger partial charge in [0, 0.05) is 37.0 Å². The van der Waals surface area contributed by atoms with Crippen LogP contribution in [0.4, 0.5) is 13.9 Å². The van der Waals surface area contributed by atoms with Crippen molar-refractivity contribution in [2.24, 2.45) is 0 Å². The fourth-order valence-corrected chi connectivity index (χ4v) is 3.89. The second kappa shape index (κ2) is 5.98. The normalized spacial score (nSPS) is 17.6. The fraction of sp³-hybridized carbons (Fsp3) is 0.294. The predicted molar refractivity (Wildman–Crippen MR) is 89.8 cm³/mol. The van der Waals surface area contributed by atoms with Crippen LogP contribution in [-0.4, -0.2) is 29.2 Å². The summed E-state index contributed by atoms with van der Waals surface area (Å²) in [5.41, 5.74) is 1.22. The summed E-state index contributed by atoms with van der Waals surface area (Å²) in [6.45, 7) is 3.41. The number of nitrogens with zero attached hydrogens (tertiary/aromatic N) is 3. The van der Waals surface area contributed by atoms with Crippen LogP contribution < -0.4 is 9.64 Å². The summed E-state index contributed by atoms with van der Waals surface area (Å²) in [5.74, 6) is -0.368. The van der Waals surface area contributed by atoms with Crippen LogP contribution in [0.25, 0.3) is 10.2 Å². The molecule has 0 aliphatic carbocycles. The molecule has 1 aliphatic heterocycles. The lowest BCUT2D eigenvalue weighted by atomic mass is 10.2. The molecule has 0 radical (unpaired) electrons. The maximum absolute atomic E-state index is 13.8. The highest BCUT2D eigenvalue weighted by atomic mass is 32.1. The van der Waals surface area contributed by atoms with Gasteiger partial charge >= 0.3 is 0 Å². The van der Waals surface area contributed by atoms with Gasteiger partial charge in [-0.15, -0.1) is 0 Å². The van der Waals surface area contributed by atoms with Crippen molar-refractivity contribution >= 4 is 26.7 Å². The lowest BCUT2D eigenvalue weighted by Crippen LogP contribution is -2.24. The number of anilines is 1. The van der Waals surface area contributed by atoms with Gasteiger partial charge in [0.15, 0.2) is 10.9 Å². The van der Waals surface area contributed by atoms with Gasteiger partial charge in [-0.3, -0.25) is 4.98 Å². The van der Waals surface area contributed by atoms with Gasteiger partial charge in [0.05, 0.1) is 11.2 Å². The third kappa shape index (κ3) is 2.80. The number of rotatable bonds is 3. The maximum Gasteiger partial charge on any atom is 0.186 e. The molecule has 4 nitrogen and oxygen atoms in total. The first kappa shape index (κ1) is 15.3. The van der Waals surface area contributed by atoms with E-state index in [9.17, 15) is 8.78 Å². The molecule has 7 heteroatoms. The zero-order valence-electron chi connectivity index (χ0n) is 13.0. The third-order valence-corrected chi connectivity index (χ3v) is 5.14. The topological polar surface area (TPSA) is 38.2 Å². The summed E-state index contributed by atoms with van der Waals surface area (Å²) in [6.07, 6.45) is 4.38. The highest BCUT2D eigenvalue weighted by molar-refractivity contribution is 7.22. The molecule has 1 saturated heterocycles. The van der Waals surface area contributed by atoms with Gasteiger partial charge in [-0.25, -0.2) is 13.8 Å². The Morgan fingerprint density at radius 2 is 2.21 bits per heavy atom. The van der Waals surface area contributed by atoms with Gasteiger partial charge in [0.1, 0.15) is 23.2 Å². The molecule has 0 saturated carbocycles. The number of hydrogen-bond donors (Lipinski definition) is 0. The van der Waals surface area contributed by atoms with Crippen LogP contribution in [0, 0.1) is 18.6 Å². The second-order valence-electron chi connectivity index (χ2n) is 5.85. The molecule has 124 valence electrons. The summed E-state index contributed by atoms with van der Waals surface area (Å²) in [6, 6.07) is 4.05. The Morgan fingerprint density at radius 3 is 3.04 bits per heavy atom. The molecule has 2 aromatic heterocycles. The molecule has 1 aromatic carbocycles. The lowest BCUT2D eigenvalue weighted by Gasteiger charge is -2.17. The Morgan fingerprint density at radius 1 is 1.33 bits per heavy atom. The van der Waals surface area contributed by atoms with Crippen LogP contribution in [0.15, 0.2) is 30.6 Å². The molecular weight excluding hydrogens is 332 g/mol. The first-order valence-electron chi connectivity index (χ1n) is 7.68. The quantitative estimate of drug-likeness (QED) is 0.719. The average molecular weight is 347 g/mol. The van der Waals surface area contributed by atoms with Crippen molar-refractivity contribution in [1.29, 1.82) is 0 Å². The molecular formula is C17H15F2N3OS. The van der Waals surface area contributed by atoms with Crippen LogP contribution >= 0.6 is 11.3 Å². The highest BCUT2D eigenvalue weighted by Gasteiger charge is 2.27. The van der Waals surface area contributed by atoms with E-state index in [1.165, 1.54) is 17.4 Å². The number of aryl methyl sites for hydroxylation is 1. The highest BCUT2D eigenvalue weighted by Crippen LogP contribution is 2.33. The Kier molecular flexibility index (Phi) is 3.80. The minimum absolute atomic E-state index is 0.0414. The smallest absolute Gasteiger partial charge is 0.186 e. The van der Waals surface area contributed by atoms with Gasteiger partial charge in [-0.05, 0) is 19.1 Å². The van der Waals surface area contributed by atoms with Crippen LogP contribution in [0.2, 0.25) is 0 Å². The maximum atomic E-state index is 13.8. The van der Waals surface area contributed by atoms with Crippen LogP contribution in [0.3, 0.4) is 0 Å². The van der Waals surface area contributed by atoms with Gasteiger partial charge in [-0.1, -0.05) is 11.3 Å². The van der Waals surface area contributed by atoms with E-state index in [1.54, 1.807) is 12.4 Å². The minimum Gasteiger partial charge on any atom is -0.488 e. The first-order chi connectivity index (χ1) is 11.6. The van der Waals surface area contributed by atoms with Crippen LogP contribution in [0.5, 0.6) is 5.75 Å². The monoisotopic (exact) mass is 347 g/mol. The van der Waals surface area contributed by atoms with Gasteiger partial charge in [0.25, 0.3) is 0 Å². The van der Waals surface area contributed by atoms with E-state index in [-0.39, 0.29) is 11.6 Å². The van der Waals surface area contributed by atoms with Crippen molar-refractivity contribution in [3.8, 4) is 5.75 Å². The minimum atomic E-state index is -0.619. The molecule has 1 aliphatic rings. The number of thiazole rings is 1. The number of aromatic nitrogens is 2. The zero-order valence-corrected chi connectivity index (χ0v) is 13.8. The van der Waals surface area contributed by atoms with Crippen LogP contribution in [0.1, 0.15) is 12.0 Å². The third-order valence-electron chi connectivity index (χ3n) is 4.08. The number of hydrogen-bond acceptors (Lipinski definition) is 5. The first-order valence-corrected chi connectivity index (χ1v) is 8.49. The van der Waals surface area contributed by atoms with E-state index in [1.807, 2.05) is 13.0 Å². The van der Waals surface area contributed by atoms with Crippen molar-refractivity contribution < 1.29 is 13.5 Å². The molecule has 1 atom stereocenters. The molecule has 3 heterocycles. The largest absolute Gasteiger partial charge is 0.488 e. The molecule has 3 aromatic rings. The Labute approximate surface area is 141 Å². The van der Waals surface area contributed by atoms with Gasteiger partial charge in [0.2, 0.25) is 0 Å². The molecule has 1 fully saturated rings. The Balaban J connectivity index is 1.53. The molecule has 0 N–H and O–H groups in total. The number of ether oxygens (including phenoxy) is 1. The summed E-state index contributed by atoms with van der Waals surface area (Å²) >= 11 is 1.30. The second-order valence-corrected chi connectivity index (χ2v) is 6.86. The molecule has 1 unspecified atom stereocenters. The zero-order chi connectivity index (χ0) is 16.7. The van der Waals surface area contributed by atoms with Crippen molar-refractivity contribution in [1.82, 2.24) is 9.97 Å². The average Bonchev–Trinajstić information content (AvgIpc) is 3.16. The van der Waals surface area contributed by atoms with E-state index in [4.69, 9.17) is 4.74 Å². The summed E-state index contributed by atoms with van der Waals surface area (Å²) < 4.78 is 33.7. The van der Waals surface area contributed by atoms with Crippen molar-refractivity contribution in [2.75, 3.05) is 18.0 Å². The number of pyridine rings is 1. The fourth-order valence-electron chi connectivity index (χ4n) is 2.85. The van der Waals surface area contributed by atoms with Crippen molar-refractivity contribution in [3.63, 3.8) is 0 Å². The van der Waals surface area contributed by atoms with E-state index in [2.05, 4.69) is 14.9 Å². The lowest BCUT2D eigenvalue weighted by molar-refractivity contribution is 0.223. The van der Waals surface area contributed by atoms with E-state index < -0.39 is 11.6 Å². The van der Waals surface area contributed by atoms with Crippen molar-refractivity contribution in [3.05, 3.63) is 47.8 Å². The predicted octanol–water partition coefficient (Wildman–Crippen LogP) is 3.94. The SMILES string of the molecule is Cc1cnccc1OC1CCN(c2nc3c(F)cc(F)cc3s2)C1. The Bertz CT molecular complexity index is 899. The summed E-state index contributed by atoms with van der Waals surface area (Å²) in [5, 5.41) is 0.701. The number of benzene rings is 1. The standard InChI is InChI=1S/C17H15F2N3OS/c1-10-8-20-4-2-14(10)23-12-3-5-22(9-12)17-21-16-13(19)6-11(18)7-15(16)24-17/h2,4,6-8,12H,3,5,9H2,1H3. The summed E-state index contributed by atoms with van der Waals surface area (Å²) in [4.78, 5) is 10.4. The molecule has 0 amide bonds. The van der Waals surface area contributed by atoms with Crippen molar-refractivity contribution in [2.45, 2.75) is 19.4 Å². The molecule has 0 bridgehead atoms. The van der Waals surface area contributed by atoms with E-state index >= 15 is 0 Å². The van der Waals surface area contributed by atoms with Gasteiger partial charge < -0.3 is 9.64 Å².